The number of halogens is 1. The third-order valence-electron chi connectivity index (χ3n) is 3.69. The molecule has 0 spiro atoms. The van der Waals surface area contributed by atoms with Gasteiger partial charge in [0.2, 0.25) is 5.91 Å². The first-order chi connectivity index (χ1) is 9.16. The summed E-state index contributed by atoms with van der Waals surface area (Å²) in [6.07, 6.45) is 2.54. The van der Waals surface area contributed by atoms with Crippen molar-refractivity contribution in [2.24, 2.45) is 5.92 Å². The average molecular weight is 264 g/mol. The van der Waals surface area contributed by atoms with Gasteiger partial charge in [-0.25, -0.2) is 4.39 Å². The lowest BCUT2D eigenvalue weighted by molar-refractivity contribution is -0.134. The molecule has 2 rings (SSSR count). The van der Waals surface area contributed by atoms with Crippen LogP contribution in [0.1, 0.15) is 18.4 Å². The van der Waals surface area contributed by atoms with Gasteiger partial charge >= 0.3 is 0 Å². The molecule has 1 aromatic rings. The van der Waals surface area contributed by atoms with Crippen molar-refractivity contribution in [3.05, 3.63) is 35.6 Å². The van der Waals surface area contributed by atoms with Crippen LogP contribution in [0.4, 0.5) is 4.39 Å². The number of rotatable bonds is 4. The molecule has 4 heteroatoms. The number of piperidine rings is 1. The van der Waals surface area contributed by atoms with E-state index in [4.69, 9.17) is 0 Å². The van der Waals surface area contributed by atoms with Crippen molar-refractivity contribution in [3.63, 3.8) is 0 Å². The second-order valence-electron chi connectivity index (χ2n) is 5.16. The third-order valence-corrected chi connectivity index (χ3v) is 3.69. The number of carbonyl (C=O) groups excluding carboxylic acids is 1. The zero-order chi connectivity index (χ0) is 13.7. The van der Waals surface area contributed by atoms with E-state index < -0.39 is 0 Å². The van der Waals surface area contributed by atoms with Crippen molar-refractivity contribution >= 4 is 5.91 Å². The SMILES string of the molecule is CN(CCc1cccc(F)c1)C(=O)C1CCNCC1. The molecule has 104 valence electrons. The Kier molecular flexibility index (Phi) is 4.91. The Morgan fingerprint density at radius 2 is 2.16 bits per heavy atom. The maximum atomic E-state index is 13.1. The van der Waals surface area contributed by atoms with Crippen LogP contribution < -0.4 is 5.32 Å². The molecule has 1 aliphatic rings. The Morgan fingerprint density at radius 1 is 1.42 bits per heavy atom. The van der Waals surface area contributed by atoms with Gasteiger partial charge in [0, 0.05) is 19.5 Å². The zero-order valence-corrected chi connectivity index (χ0v) is 11.4. The van der Waals surface area contributed by atoms with Crippen molar-refractivity contribution in [3.8, 4) is 0 Å². The van der Waals surface area contributed by atoms with Crippen LogP contribution in [0.3, 0.4) is 0 Å². The Labute approximate surface area is 113 Å². The quantitative estimate of drug-likeness (QED) is 0.900. The number of hydrogen-bond acceptors (Lipinski definition) is 2. The molecule has 1 saturated heterocycles. The second-order valence-corrected chi connectivity index (χ2v) is 5.16. The Bertz CT molecular complexity index is 430. The first-order valence-electron chi connectivity index (χ1n) is 6.87. The minimum atomic E-state index is -0.218. The molecule has 1 amide bonds. The predicted octanol–water partition coefficient (Wildman–Crippen LogP) is 1.83. The number of amides is 1. The highest BCUT2D eigenvalue weighted by atomic mass is 19.1. The molecular weight excluding hydrogens is 243 g/mol. The highest BCUT2D eigenvalue weighted by Gasteiger charge is 2.23. The Hall–Kier alpha value is -1.42. The molecule has 0 atom stereocenters. The highest BCUT2D eigenvalue weighted by Crippen LogP contribution is 2.15. The lowest BCUT2D eigenvalue weighted by atomic mass is 9.96. The predicted molar refractivity (Wildman–Crippen MR) is 73.3 cm³/mol. The number of likely N-dealkylation sites (N-methyl/N-ethyl adjacent to an activating group) is 1. The van der Waals surface area contributed by atoms with E-state index in [0.29, 0.717) is 13.0 Å². The molecule has 0 bridgehead atoms. The topological polar surface area (TPSA) is 32.3 Å². The van der Waals surface area contributed by atoms with E-state index >= 15 is 0 Å². The largest absolute Gasteiger partial charge is 0.345 e. The van der Waals surface area contributed by atoms with E-state index in [1.807, 2.05) is 13.1 Å². The van der Waals surface area contributed by atoms with E-state index in [1.165, 1.54) is 12.1 Å². The van der Waals surface area contributed by atoms with Crippen LogP contribution in [0.15, 0.2) is 24.3 Å². The fourth-order valence-corrected chi connectivity index (χ4v) is 2.48. The monoisotopic (exact) mass is 264 g/mol. The molecular formula is C15H21FN2O. The number of nitrogens with one attached hydrogen (secondary N) is 1. The molecule has 1 N–H and O–H groups in total. The summed E-state index contributed by atoms with van der Waals surface area (Å²) in [6.45, 7) is 2.49. The summed E-state index contributed by atoms with van der Waals surface area (Å²) in [4.78, 5) is 14.0. The smallest absolute Gasteiger partial charge is 0.225 e. The molecule has 1 aliphatic heterocycles. The van der Waals surface area contributed by atoms with Crippen LogP contribution >= 0.6 is 0 Å². The molecule has 0 aromatic heterocycles. The summed E-state index contributed by atoms with van der Waals surface area (Å²) in [5.74, 6) is 0.154. The molecule has 0 aliphatic carbocycles. The number of hydrogen-bond donors (Lipinski definition) is 1. The maximum Gasteiger partial charge on any atom is 0.225 e. The lowest BCUT2D eigenvalue weighted by Crippen LogP contribution is -2.39. The average Bonchev–Trinajstić information content (AvgIpc) is 2.45. The minimum absolute atomic E-state index is 0.152. The minimum Gasteiger partial charge on any atom is -0.345 e. The van der Waals surface area contributed by atoms with Gasteiger partial charge in [-0.2, -0.15) is 0 Å². The molecule has 0 radical (unpaired) electrons. The van der Waals surface area contributed by atoms with Crippen LogP contribution in [0.25, 0.3) is 0 Å². The van der Waals surface area contributed by atoms with Crippen LogP contribution in [0.5, 0.6) is 0 Å². The van der Waals surface area contributed by atoms with Gasteiger partial charge in [-0.1, -0.05) is 12.1 Å². The van der Waals surface area contributed by atoms with Gasteiger partial charge in [-0.05, 0) is 50.0 Å². The lowest BCUT2D eigenvalue weighted by Gasteiger charge is -2.27. The van der Waals surface area contributed by atoms with Gasteiger partial charge in [0.1, 0.15) is 5.82 Å². The van der Waals surface area contributed by atoms with Crippen molar-refractivity contribution in [1.29, 1.82) is 0 Å². The molecule has 3 nitrogen and oxygen atoms in total. The fourth-order valence-electron chi connectivity index (χ4n) is 2.48. The maximum absolute atomic E-state index is 13.1. The summed E-state index contributed by atoms with van der Waals surface area (Å²) < 4.78 is 13.1. The highest BCUT2D eigenvalue weighted by molar-refractivity contribution is 5.78. The molecule has 0 unspecified atom stereocenters. The molecule has 19 heavy (non-hydrogen) atoms. The van der Waals surface area contributed by atoms with Crippen LogP contribution in [0, 0.1) is 11.7 Å². The Morgan fingerprint density at radius 3 is 2.84 bits per heavy atom. The standard InChI is InChI=1S/C15H21FN2O/c1-18(15(19)13-5-8-17-9-6-13)10-7-12-3-2-4-14(16)11-12/h2-4,11,13,17H,5-10H2,1H3. The first kappa shape index (κ1) is 14.0. The van der Waals surface area contributed by atoms with E-state index in [9.17, 15) is 9.18 Å². The van der Waals surface area contributed by atoms with E-state index in [-0.39, 0.29) is 17.6 Å². The normalized spacial score (nSPS) is 16.3. The van der Waals surface area contributed by atoms with Gasteiger partial charge in [-0.3, -0.25) is 4.79 Å². The number of nitrogens with zero attached hydrogens (tertiary/aromatic N) is 1. The third kappa shape index (κ3) is 4.03. The fraction of sp³-hybridized carbons (Fsp3) is 0.533. The van der Waals surface area contributed by atoms with Crippen molar-refractivity contribution < 1.29 is 9.18 Å². The molecule has 1 aromatic carbocycles. The second kappa shape index (κ2) is 6.66. The van der Waals surface area contributed by atoms with Gasteiger partial charge in [0.05, 0.1) is 0 Å². The van der Waals surface area contributed by atoms with E-state index in [2.05, 4.69) is 5.32 Å². The summed E-state index contributed by atoms with van der Waals surface area (Å²) in [6, 6.07) is 6.57. The van der Waals surface area contributed by atoms with Crippen molar-refractivity contribution in [2.45, 2.75) is 19.3 Å². The molecule has 1 fully saturated rings. The summed E-state index contributed by atoms with van der Waals surface area (Å²) in [5.41, 5.74) is 0.935. The van der Waals surface area contributed by atoms with Crippen LogP contribution in [-0.4, -0.2) is 37.5 Å². The number of benzene rings is 1. The van der Waals surface area contributed by atoms with E-state index in [1.54, 1.807) is 11.0 Å². The summed E-state index contributed by atoms with van der Waals surface area (Å²) >= 11 is 0. The molecule has 1 heterocycles. The van der Waals surface area contributed by atoms with Crippen LogP contribution in [0.2, 0.25) is 0 Å². The van der Waals surface area contributed by atoms with Gasteiger partial charge in [-0.15, -0.1) is 0 Å². The molecule has 0 saturated carbocycles. The first-order valence-corrected chi connectivity index (χ1v) is 6.87. The van der Waals surface area contributed by atoms with Crippen molar-refractivity contribution in [1.82, 2.24) is 10.2 Å². The zero-order valence-electron chi connectivity index (χ0n) is 11.4. The Balaban J connectivity index is 1.83. The summed E-state index contributed by atoms with van der Waals surface area (Å²) in [5, 5.41) is 3.26. The number of carbonyl (C=O) groups is 1. The summed E-state index contributed by atoms with van der Waals surface area (Å²) in [7, 11) is 1.84. The van der Waals surface area contributed by atoms with Gasteiger partial charge < -0.3 is 10.2 Å². The van der Waals surface area contributed by atoms with E-state index in [0.717, 1.165) is 31.5 Å². The van der Waals surface area contributed by atoms with Gasteiger partial charge in [0.25, 0.3) is 0 Å². The van der Waals surface area contributed by atoms with Crippen LogP contribution in [-0.2, 0) is 11.2 Å². The van der Waals surface area contributed by atoms with Crippen molar-refractivity contribution in [2.75, 3.05) is 26.7 Å². The van der Waals surface area contributed by atoms with Gasteiger partial charge in [0.15, 0.2) is 0 Å².